The summed E-state index contributed by atoms with van der Waals surface area (Å²) < 4.78 is 12.7. The number of hydrogen-bond acceptors (Lipinski definition) is 4. The molecule has 4 heteroatoms. The van der Waals surface area contributed by atoms with E-state index in [2.05, 4.69) is 19.9 Å². The van der Waals surface area contributed by atoms with Gasteiger partial charge in [0.15, 0.2) is 5.78 Å². The molecule has 7 rings (SSSR count). The molecule has 2 heterocycles. The standard InChI is InChI=1S/C23H26O4/c1-20-6-3-12(24)9-16(20)13-10-14(13)19-15-4-7-22(8-5-18(25)27-22)21(15,2)11-17-23(19,20)26-17/h3,6,9,13-15,17,19H,4-5,7-8,10-11H2,1-2H3/t13-,14+,15+,17-,19+,20+,21+,22-,23?/m1/s1. The molecule has 2 saturated heterocycles. The summed E-state index contributed by atoms with van der Waals surface area (Å²) in [6.45, 7) is 4.70. The van der Waals surface area contributed by atoms with Gasteiger partial charge >= 0.3 is 5.97 Å². The fourth-order valence-corrected chi connectivity index (χ4v) is 8.75. The minimum absolute atomic E-state index is 0.00993. The molecule has 0 radical (unpaired) electrons. The molecule has 4 saturated carbocycles. The van der Waals surface area contributed by atoms with Crippen molar-refractivity contribution in [2.45, 2.75) is 69.7 Å². The Labute approximate surface area is 159 Å². The summed E-state index contributed by atoms with van der Waals surface area (Å²) in [6, 6.07) is 0. The Morgan fingerprint density at radius 3 is 2.81 bits per heavy atom. The van der Waals surface area contributed by atoms with Gasteiger partial charge in [-0.05, 0) is 74.9 Å². The van der Waals surface area contributed by atoms with Gasteiger partial charge < -0.3 is 9.47 Å². The van der Waals surface area contributed by atoms with E-state index in [1.807, 2.05) is 6.08 Å². The molecular formula is C23H26O4. The second-order valence-corrected chi connectivity index (χ2v) is 10.7. The maximum absolute atomic E-state index is 12.1. The zero-order chi connectivity index (χ0) is 18.4. The smallest absolute Gasteiger partial charge is 0.306 e. The predicted molar refractivity (Wildman–Crippen MR) is 96.5 cm³/mol. The zero-order valence-corrected chi connectivity index (χ0v) is 16.0. The molecule has 142 valence electrons. The third kappa shape index (κ3) is 1.43. The number of fused-ring (bicyclic) bond motifs is 7. The van der Waals surface area contributed by atoms with Crippen LogP contribution in [0.5, 0.6) is 0 Å². The molecule has 4 nitrogen and oxygen atoms in total. The maximum atomic E-state index is 12.1. The van der Waals surface area contributed by atoms with Crippen LogP contribution in [0.4, 0.5) is 0 Å². The summed E-state index contributed by atoms with van der Waals surface area (Å²) in [4.78, 5) is 24.1. The predicted octanol–water partition coefficient (Wildman–Crippen LogP) is 3.36. The SMILES string of the molecule is C[C@]12C=CC(=O)C=C1[C@@H]1C[C@@H]1[C@H]1[C@@H]3CC[C@@]4(CCC(=O)O4)[C@@]3(C)C[C@H]3OC132. The van der Waals surface area contributed by atoms with Crippen molar-refractivity contribution in [1.29, 1.82) is 0 Å². The summed E-state index contributed by atoms with van der Waals surface area (Å²) in [7, 11) is 0. The molecule has 0 aromatic rings. The highest BCUT2D eigenvalue weighted by molar-refractivity contribution is 6.01. The number of ketones is 1. The Kier molecular flexibility index (Phi) is 2.37. The lowest BCUT2D eigenvalue weighted by Gasteiger charge is -2.55. The number of rotatable bonds is 0. The van der Waals surface area contributed by atoms with Crippen molar-refractivity contribution in [3.8, 4) is 0 Å². The minimum atomic E-state index is -0.257. The average Bonchev–Trinajstić information content (AvgIpc) is 3.49. The molecule has 9 atom stereocenters. The number of ether oxygens (including phenoxy) is 2. The first-order chi connectivity index (χ1) is 12.8. The Hall–Kier alpha value is -1.42. The van der Waals surface area contributed by atoms with Gasteiger partial charge in [0.1, 0.15) is 11.2 Å². The highest BCUT2D eigenvalue weighted by Gasteiger charge is 2.85. The van der Waals surface area contributed by atoms with E-state index in [1.54, 1.807) is 6.08 Å². The Morgan fingerprint density at radius 2 is 2.04 bits per heavy atom. The fourth-order valence-electron chi connectivity index (χ4n) is 8.75. The molecule has 5 aliphatic carbocycles. The van der Waals surface area contributed by atoms with Gasteiger partial charge in [-0.25, -0.2) is 0 Å². The van der Waals surface area contributed by atoms with Crippen molar-refractivity contribution in [3.63, 3.8) is 0 Å². The Balaban J connectivity index is 1.37. The highest BCUT2D eigenvalue weighted by atomic mass is 16.6. The second kappa shape index (κ2) is 4.12. The fraction of sp³-hybridized carbons (Fsp3) is 0.739. The van der Waals surface area contributed by atoms with Crippen molar-refractivity contribution < 1.29 is 19.1 Å². The zero-order valence-electron chi connectivity index (χ0n) is 16.0. The van der Waals surface area contributed by atoms with E-state index in [1.165, 1.54) is 12.0 Å². The minimum Gasteiger partial charge on any atom is -0.458 e. The van der Waals surface area contributed by atoms with Crippen LogP contribution in [-0.2, 0) is 19.1 Å². The van der Waals surface area contributed by atoms with Crippen LogP contribution >= 0.6 is 0 Å². The quantitative estimate of drug-likeness (QED) is 0.487. The van der Waals surface area contributed by atoms with Crippen LogP contribution in [0.1, 0.15) is 52.4 Å². The molecule has 7 aliphatic rings. The van der Waals surface area contributed by atoms with Gasteiger partial charge in [-0.1, -0.05) is 18.6 Å². The van der Waals surface area contributed by atoms with Gasteiger partial charge in [0.25, 0.3) is 0 Å². The molecule has 0 aromatic heterocycles. The van der Waals surface area contributed by atoms with E-state index in [4.69, 9.17) is 9.47 Å². The van der Waals surface area contributed by atoms with E-state index in [9.17, 15) is 9.59 Å². The largest absolute Gasteiger partial charge is 0.458 e. The lowest BCUT2D eigenvalue weighted by atomic mass is 9.47. The number of epoxide rings is 1. The molecule has 1 unspecified atom stereocenters. The van der Waals surface area contributed by atoms with Crippen LogP contribution in [0.2, 0.25) is 0 Å². The first kappa shape index (κ1) is 15.5. The topological polar surface area (TPSA) is 55.9 Å². The number of hydrogen-bond donors (Lipinski definition) is 0. The van der Waals surface area contributed by atoms with Crippen LogP contribution in [0.25, 0.3) is 0 Å². The number of esters is 1. The van der Waals surface area contributed by atoms with E-state index in [-0.39, 0.29) is 39.9 Å². The Bertz CT molecular complexity index is 887. The third-order valence-corrected chi connectivity index (χ3v) is 10.0. The molecule has 0 bridgehead atoms. The van der Waals surface area contributed by atoms with Crippen LogP contribution in [0.3, 0.4) is 0 Å². The lowest BCUT2D eigenvalue weighted by molar-refractivity contribution is -0.164. The number of carbonyl (C=O) groups is 2. The molecule has 27 heavy (non-hydrogen) atoms. The molecule has 0 N–H and O–H groups in total. The molecular weight excluding hydrogens is 340 g/mol. The maximum Gasteiger partial charge on any atom is 0.306 e. The van der Waals surface area contributed by atoms with Crippen LogP contribution in [0.15, 0.2) is 23.8 Å². The van der Waals surface area contributed by atoms with Crippen LogP contribution < -0.4 is 0 Å². The van der Waals surface area contributed by atoms with Crippen molar-refractivity contribution >= 4 is 11.8 Å². The van der Waals surface area contributed by atoms with Crippen molar-refractivity contribution in [2.24, 2.45) is 34.5 Å². The van der Waals surface area contributed by atoms with Gasteiger partial charge in [0.05, 0.1) is 6.10 Å². The van der Waals surface area contributed by atoms with E-state index >= 15 is 0 Å². The molecule has 2 spiro atoms. The highest BCUT2D eigenvalue weighted by Crippen LogP contribution is 2.82. The van der Waals surface area contributed by atoms with Gasteiger partial charge in [0, 0.05) is 17.3 Å². The van der Waals surface area contributed by atoms with Crippen molar-refractivity contribution in [3.05, 3.63) is 23.8 Å². The van der Waals surface area contributed by atoms with Crippen LogP contribution in [-0.4, -0.2) is 29.1 Å². The average molecular weight is 366 g/mol. The molecule has 2 aliphatic heterocycles. The summed E-state index contributed by atoms with van der Waals surface area (Å²) in [5.74, 6) is 2.41. The monoisotopic (exact) mass is 366 g/mol. The second-order valence-electron chi connectivity index (χ2n) is 10.7. The third-order valence-electron chi connectivity index (χ3n) is 10.0. The van der Waals surface area contributed by atoms with Crippen LogP contribution in [0, 0.1) is 34.5 Å². The Morgan fingerprint density at radius 1 is 1.19 bits per heavy atom. The number of allylic oxidation sites excluding steroid dienone is 2. The van der Waals surface area contributed by atoms with E-state index < -0.39 is 0 Å². The first-order valence-corrected chi connectivity index (χ1v) is 10.7. The van der Waals surface area contributed by atoms with Gasteiger partial charge in [-0.3, -0.25) is 9.59 Å². The first-order valence-electron chi connectivity index (χ1n) is 10.7. The summed E-state index contributed by atoms with van der Waals surface area (Å²) in [5.41, 5.74) is 0.839. The normalized spacial score (nSPS) is 61.4. The van der Waals surface area contributed by atoms with Crippen molar-refractivity contribution in [1.82, 2.24) is 0 Å². The summed E-state index contributed by atoms with van der Waals surface area (Å²) in [5, 5.41) is 0. The lowest BCUT2D eigenvalue weighted by Crippen LogP contribution is -2.60. The molecule has 6 fully saturated rings. The van der Waals surface area contributed by atoms with Gasteiger partial charge in [-0.15, -0.1) is 0 Å². The van der Waals surface area contributed by atoms with Crippen molar-refractivity contribution in [2.75, 3.05) is 0 Å². The van der Waals surface area contributed by atoms with Gasteiger partial charge in [-0.2, -0.15) is 0 Å². The van der Waals surface area contributed by atoms with E-state index in [0.717, 1.165) is 25.7 Å². The number of carbonyl (C=O) groups excluding carboxylic acids is 2. The summed E-state index contributed by atoms with van der Waals surface area (Å²) in [6.07, 6.45) is 11.9. The molecule has 0 amide bonds. The van der Waals surface area contributed by atoms with Gasteiger partial charge in [0.2, 0.25) is 0 Å². The molecule has 0 aromatic carbocycles. The van der Waals surface area contributed by atoms with E-state index in [0.29, 0.717) is 30.1 Å². The summed E-state index contributed by atoms with van der Waals surface area (Å²) >= 11 is 0.